The van der Waals surface area contributed by atoms with Crippen LogP contribution in [0.25, 0.3) is 0 Å². The molecule has 1 aromatic rings. The van der Waals surface area contributed by atoms with Crippen molar-refractivity contribution in [3.05, 3.63) is 28.2 Å². The maximum absolute atomic E-state index is 12.0. The van der Waals surface area contributed by atoms with E-state index in [0.29, 0.717) is 15.8 Å². The van der Waals surface area contributed by atoms with Crippen molar-refractivity contribution in [1.29, 1.82) is 0 Å². The summed E-state index contributed by atoms with van der Waals surface area (Å²) in [6.07, 6.45) is 3.17. The van der Waals surface area contributed by atoms with Gasteiger partial charge < -0.3 is 4.74 Å². The number of nitrogens with one attached hydrogen (secondary N) is 1. The number of carbonyl (C=O) groups is 1. The lowest BCUT2D eigenvalue weighted by Crippen LogP contribution is -2.34. The van der Waals surface area contributed by atoms with Gasteiger partial charge in [-0.05, 0) is 44.4 Å². The minimum atomic E-state index is -0.702. The molecule has 1 atom stereocenters. The lowest BCUT2D eigenvalue weighted by Gasteiger charge is -2.14. The highest BCUT2D eigenvalue weighted by molar-refractivity contribution is 6.35. The lowest BCUT2D eigenvalue weighted by molar-refractivity contribution is -0.127. The third-order valence-electron chi connectivity index (χ3n) is 3.12. The molecule has 0 aliphatic rings. The number of hydrogen-bond donors (Lipinski definition) is 1. The summed E-state index contributed by atoms with van der Waals surface area (Å²) < 4.78 is 5.54. The van der Waals surface area contributed by atoms with Gasteiger partial charge in [-0.2, -0.15) is 5.10 Å². The van der Waals surface area contributed by atoms with Crippen LogP contribution < -0.4 is 10.2 Å². The zero-order valence-electron chi connectivity index (χ0n) is 13.2. The maximum Gasteiger partial charge on any atom is 0.280 e. The minimum absolute atomic E-state index is 0.312. The van der Waals surface area contributed by atoms with Gasteiger partial charge in [0.15, 0.2) is 6.10 Å². The first-order chi connectivity index (χ1) is 10.5. The molecule has 1 amide bonds. The summed E-state index contributed by atoms with van der Waals surface area (Å²) in [5, 5.41) is 5.05. The van der Waals surface area contributed by atoms with Crippen molar-refractivity contribution in [3.63, 3.8) is 0 Å². The number of hydrogen-bond acceptors (Lipinski definition) is 3. The molecule has 0 radical (unpaired) electrons. The summed E-state index contributed by atoms with van der Waals surface area (Å²) >= 11 is 11.8. The van der Waals surface area contributed by atoms with Crippen LogP contribution in [0.5, 0.6) is 5.75 Å². The van der Waals surface area contributed by atoms with Gasteiger partial charge in [0.2, 0.25) is 0 Å². The van der Waals surface area contributed by atoms with Crippen molar-refractivity contribution >= 4 is 34.8 Å². The Morgan fingerprint density at radius 1 is 1.36 bits per heavy atom. The zero-order chi connectivity index (χ0) is 16.5. The summed E-state index contributed by atoms with van der Waals surface area (Å²) in [6.45, 7) is 5.79. The average Bonchev–Trinajstić information content (AvgIpc) is 2.49. The normalized spacial score (nSPS) is 12.9. The predicted octanol–water partition coefficient (Wildman–Crippen LogP) is 4.83. The molecule has 0 saturated heterocycles. The van der Waals surface area contributed by atoms with E-state index in [1.807, 2.05) is 6.92 Å². The van der Waals surface area contributed by atoms with Gasteiger partial charge in [-0.1, -0.05) is 43.5 Å². The molecule has 1 aromatic carbocycles. The van der Waals surface area contributed by atoms with Gasteiger partial charge in [0.1, 0.15) is 5.75 Å². The number of nitrogens with zero attached hydrogens (tertiary/aromatic N) is 1. The van der Waals surface area contributed by atoms with Crippen LogP contribution in [0.3, 0.4) is 0 Å². The van der Waals surface area contributed by atoms with E-state index < -0.39 is 6.10 Å². The van der Waals surface area contributed by atoms with Crippen LogP contribution in [-0.4, -0.2) is 17.7 Å². The van der Waals surface area contributed by atoms with Crippen LogP contribution in [0.1, 0.15) is 46.5 Å². The number of halogens is 2. The van der Waals surface area contributed by atoms with Crippen molar-refractivity contribution in [3.8, 4) is 5.75 Å². The Morgan fingerprint density at radius 2 is 2.09 bits per heavy atom. The molecule has 22 heavy (non-hydrogen) atoms. The molecular weight excluding hydrogens is 323 g/mol. The van der Waals surface area contributed by atoms with Gasteiger partial charge in [-0.15, -0.1) is 0 Å². The first-order valence-corrected chi connectivity index (χ1v) is 8.20. The summed E-state index contributed by atoms with van der Waals surface area (Å²) in [5.41, 5.74) is 3.53. The number of benzene rings is 1. The van der Waals surface area contributed by atoms with E-state index in [1.165, 1.54) is 0 Å². The Bertz CT molecular complexity index is 533. The first kappa shape index (κ1) is 18.8. The van der Waals surface area contributed by atoms with Gasteiger partial charge in [0, 0.05) is 10.7 Å². The van der Waals surface area contributed by atoms with Crippen LogP contribution in [0, 0.1) is 0 Å². The second-order valence-corrected chi connectivity index (χ2v) is 5.79. The van der Waals surface area contributed by atoms with E-state index in [-0.39, 0.29) is 5.91 Å². The van der Waals surface area contributed by atoms with E-state index in [1.54, 1.807) is 25.1 Å². The Kier molecular flexibility index (Phi) is 8.28. The van der Waals surface area contributed by atoms with Crippen LogP contribution >= 0.6 is 23.2 Å². The standard InChI is InChI=1S/C16H22Cl2N2O2/c1-4-6-7-13(5-2)19-20-16(21)11(3)22-15-9-8-12(17)10-14(15)18/h8-11H,4-7H2,1-3H3,(H,20,21)/b19-13+. The lowest BCUT2D eigenvalue weighted by atomic mass is 10.1. The third kappa shape index (κ3) is 6.24. The molecule has 4 nitrogen and oxygen atoms in total. The molecule has 1 N–H and O–H groups in total. The molecule has 0 bridgehead atoms. The number of amides is 1. The largest absolute Gasteiger partial charge is 0.479 e. The molecule has 0 aliphatic heterocycles. The fourth-order valence-corrected chi connectivity index (χ4v) is 2.19. The monoisotopic (exact) mass is 344 g/mol. The predicted molar refractivity (Wildman–Crippen MR) is 91.9 cm³/mol. The van der Waals surface area contributed by atoms with Crippen molar-refractivity contribution in [2.75, 3.05) is 0 Å². The van der Waals surface area contributed by atoms with E-state index in [9.17, 15) is 4.79 Å². The quantitative estimate of drug-likeness (QED) is 0.542. The molecule has 0 spiro atoms. The molecule has 1 unspecified atom stereocenters. The average molecular weight is 345 g/mol. The van der Waals surface area contributed by atoms with Crippen LogP contribution in [-0.2, 0) is 4.79 Å². The van der Waals surface area contributed by atoms with Gasteiger partial charge in [-0.3, -0.25) is 4.79 Å². The van der Waals surface area contributed by atoms with E-state index in [0.717, 1.165) is 31.4 Å². The maximum atomic E-state index is 12.0. The Hall–Kier alpha value is -1.26. The topological polar surface area (TPSA) is 50.7 Å². The summed E-state index contributed by atoms with van der Waals surface area (Å²) in [5.74, 6) is 0.104. The number of rotatable bonds is 8. The Labute approximate surface area is 141 Å². The SMILES string of the molecule is CCCC/C(CC)=N/NC(=O)C(C)Oc1ccc(Cl)cc1Cl. The number of unbranched alkanes of at least 4 members (excludes halogenated alkanes) is 1. The van der Waals surface area contributed by atoms with Crippen LogP contribution in [0.2, 0.25) is 10.0 Å². The summed E-state index contributed by atoms with van der Waals surface area (Å²) in [6, 6.07) is 4.86. The van der Waals surface area contributed by atoms with E-state index in [4.69, 9.17) is 27.9 Å². The van der Waals surface area contributed by atoms with Gasteiger partial charge >= 0.3 is 0 Å². The number of hydrazone groups is 1. The molecule has 0 fully saturated rings. The highest BCUT2D eigenvalue weighted by atomic mass is 35.5. The number of carbonyl (C=O) groups excluding carboxylic acids is 1. The van der Waals surface area contributed by atoms with Crippen molar-refractivity contribution in [2.24, 2.45) is 5.10 Å². The number of ether oxygens (including phenoxy) is 1. The second-order valence-electron chi connectivity index (χ2n) is 4.95. The Balaban J connectivity index is 2.59. The third-order valence-corrected chi connectivity index (χ3v) is 3.65. The minimum Gasteiger partial charge on any atom is -0.479 e. The Morgan fingerprint density at radius 3 is 2.68 bits per heavy atom. The fourth-order valence-electron chi connectivity index (χ4n) is 1.73. The van der Waals surface area contributed by atoms with Gasteiger partial charge in [0.05, 0.1) is 5.02 Å². The highest BCUT2D eigenvalue weighted by Gasteiger charge is 2.16. The van der Waals surface area contributed by atoms with E-state index in [2.05, 4.69) is 17.5 Å². The molecule has 122 valence electrons. The van der Waals surface area contributed by atoms with Gasteiger partial charge in [-0.25, -0.2) is 5.43 Å². The molecule has 6 heteroatoms. The molecule has 0 aliphatic carbocycles. The zero-order valence-corrected chi connectivity index (χ0v) is 14.7. The van der Waals surface area contributed by atoms with Crippen molar-refractivity contribution in [1.82, 2.24) is 5.43 Å². The van der Waals surface area contributed by atoms with E-state index >= 15 is 0 Å². The summed E-state index contributed by atoms with van der Waals surface area (Å²) in [4.78, 5) is 12.0. The molecule has 1 rings (SSSR count). The molecule has 0 saturated carbocycles. The van der Waals surface area contributed by atoms with Crippen molar-refractivity contribution < 1.29 is 9.53 Å². The molecule has 0 heterocycles. The van der Waals surface area contributed by atoms with Gasteiger partial charge in [0.25, 0.3) is 5.91 Å². The molecule has 0 aromatic heterocycles. The van der Waals surface area contributed by atoms with Crippen molar-refractivity contribution in [2.45, 2.75) is 52.6 Å². The second kappa shape index (κ2) is 9.70. The highest BCUT2D eigenvalue weighted by Crippen LogP contribution is 2.28. The van der Waals surface area contributed by atoms with Crippen LogP contribution in [0.15, 0.2) is 23.3 Å². The van der Waals surface area contributed by atoms with Crippen LogP contribution in [0.4, 0.5) is 0 Å². The fraction of sp³-hybridized carbons (Fsp3) is 0.500. The summed E-state index contributed by atoms with van der Waals surface area (Å²) in [7, 11) is 0. The first-order valence-electron chi connectivity index (χ1n) is 7.44. The smallest absolute Gasteiger partial charge is 0.280 e. The molecular formula is C16H22Cl2N2O2.